The Hall–Kier alpha value is -1.22. The maximum absolute atomic E-state index is 12.6. The standard InChI is InChI=1S/C14H21N3O4S.ClH/c1-3-11-6-7-12(17(18)19)9-14(11)22(20,21)16-13-5-4-8-15-10(13)2;/h6-7,9-10,13,15-16H,3-5,8H2,1-2H3;1H. The van der Waals surface area contributed by atoms with E-state index < -0.39 is 14.9 Å². The molecule has 0 saturated carbocycles. The number of nitro benzene ring substituents is 1. The van der Waals surface area contributed by atoms with Crippen LogP contribution in [0.2, 0.25) is 0 Å². The van der Waals surface area contributed by atoms with Crippen molar-refractivity contribution in [2.45, 2.75) is 50.1 Å². The molecule has 130 valence electrons. The van der Waals surface area contributed by atoms with Gasteiger partial charge in [-0.1, -0.05) is 13.0 Å². The van der Waals surface area contributed by atoms with Crippen LogP contribution >= 0.6 is 12.4 Å². The molecular weight excluding hydrogens is 342 g/mol. The molecule has 0 amide bonds. The summed E-state index contributed by atoms with van der Waals surface area (Å²) in [6, 6.07) is 3.81. The van der Waals surface area contributed by atoms with Gasteiger partial charge in [-0.05, 0) is 38.3 Å². The average Bonchev–Trinajstić information content (AvgIpc) is 2.48. The molecule has 0 spiro atoms. The van der Waals surface area contributed by atoms with Crippen LogP contribution in [0.15, 0.2) is 23.1 Å². The topological polar surface area (TPSA) is 101 Å². The van der Waals surface area contributed by atoms with Gasteiger partial charge in [0, 0.05) is 24.2 Å². The SMILES string of the molecule is CCc1ccc([N+](=O)[O-])cc1S(=O)(=O)NC1CCCNC1C.Cl. The maximum atomic E-state index is 12.6. The molecule has 9 heteroatoms. The van der Waals surface area contributed by atoms with E-state index in [1.165, 1.54) is 12.1 Å². The highest BCUT2D eigenvalue weighted by molar-refractivity contribution is 7.89. The minimum absolute atomic E-state index is 0. The summed E-state index contributed by atoms with van der Waals surface area (Å²) >= 11 is 0. The van der Waals surface area contributed by atoms with E-state index in [1.54, 1.807) is 0 Å². The maximum Gasteiger partial charge on any atom is 0.270 e. The lowest BCUT2D eigenvalue weighted by atomic mass is 10.0. The number of piperidine rings is 1. The number of nitrogens with one attached hydrogen (secondary N) is 2. The highest BCUT2D eigenvalue weighted by Crippen LogP contribution is 2.24. The minimum atomic E-state index is -3.79. The summed E-state index contributed by atoms with van der Waals surface area (Å²) in [5.74, 6) is 0. The normalized spacial score (nSPS) is 21.5. The van der Waals surface area contributed by atoms with E-state index in [2.05, 4.69) is 10.0 Å². The van der Waals surface area contributed by atoms with Gasteiger partial charge in [0.25, 0.3) is 5.69 Å². The lowest BCUT2D eigenvalue weighted by molar-refractivity contribution is -0.385. The second kappa shape index (κ2) is 8.05. The molecule has 1 aromatic rings. The van der Waals surface area contributed by atoms with Crippen LogP contribution < -0.4 is 10.0 Å². The first kappa shape index (κ1) is 19.8. The smallest absolute Gasteiger partial charge is 0.270 e. The number of hydrogen-bond acceptors (Lipinski definition) is 5. The number of hydrogen-bond donors (Lipinski definition) is 2. The van der Waals surface area contributed by atoms with E-state index in [4.69, 9.17) is 0 Å². The third-order valence-corrected chi connectivity index (χ3v) is 5.57. The summed E-state index contributed by atoms with van der Waals surface area (Å²) in [5, 5.41) is 14.1. The van der Waals surface area contributed by atoms with Crippen molar-refractivity contribution in [3.05, 3.63) is 33.9 Å². The van der Waals surface area contributed by atoms with E-state index in [9.17, 15) is 18.5 Å². The van der Waals surface area contributed by atoms with Gasteiger partial charge in [-0.15, -0.1) is 12.4 Å². The summed E-state index contributed by atoms with van der Waals surface area (Å²) < 4.78 is 28.0. The van der Waals surface area contributed by atoms with E-state index in [-0.39, 0.29) is 35.1 Å². The molecule has 1 fully saturated rings. The zero-order valence-electron chi connectivity index (χ0n) is 13.1. The zero-order chi connectivity index (χ0) is 16.3. The Morgan fingerprint density at radius 3 is 2.70 bits per heavy atom. The van der Waals surface area contributed by atoms with E-state index in [0.717, 1.165) is 25.5 Å². The molecule has 0 aromatic heterocycles. The highest BCUT2D eigenvalue weighted by atomic mass is 35.5. The fourth-order valence-corrected chi connectivity index (χ4v) is 4.35. The summed E-state index contributed by atoms with van der Waals surface area (Å²) in [5.41, 5.74) is 0.363. The molecule has 7 nitrogen and oxygen atoms in total. The Morgan fingerprint density at radius 2 is 2.13 bits per heavy atom. The summed E-state index contributed by atoms with van der Waals surface area (Å²) in [6.07, 6.45) is 2.14. The molecule has 1 saturated heterocycles. The number of benzene rings is 1. The summed E-state index contributed by atoms with van der Waals surface area (Å²) in [6.45, 7) is 4.63. The van der Waals surface area contributed by atoms with Gasteiger partial charge in [0.1, 0.15) is 0 Å². The molecule has 1 aliphatic heterocycles. The van der Waals surface area contributed by atoms with Crippen molar-refractivity contribution in [3.63, 3.8) is 0 Å². The summed E-state index contributed by atoms with van der Waals surface area (Å²) in [7, 11) is -3.79. The van der Waals surface area contributed by atoms with Gasteiger partial charge in [0.2, 0.25) is 10.0 Å². The Kier molecular flexibility index (Phi) is 6.94. The Morgan fingerprint density at radius 1 is 1.43 bits per heavy atom. The molecule has 1 aromatic carbocycles. The zero-order valence-corrected chi connectivity index (χ0v) is 14.7. The van der Waals surface area contributed by atoms with Gasteiger partial charge in [0.05, 0.1) is 9.82 Å². The van der Waals surface area contributed by atoms with Crippen molar-refractivity contribution < 1.29 is 13.3 Å². The van der Waals surface area contributed by atoms with Crippen LogP contribution in [0.3, 0.4) is 0 Å². The number of nitrogens with zero attached hydrogens (tertiary/aromatic N) is 1. The third-order valence-electron chi connectivity index (χ3n) is 4.00. The lowest BCUT2D eigenvalue weighted by Crippen LogP contribution is -2.51. The molecule has 1 aliphatic rings. The predicted octanol–water partition coefficient (Wildman–Crippen LogP) is 2.00. The fourth-order valence-electron chi connectivity index (χ4n) is 2.67. The van der Waals surface area contributed by atoms with Crippen molar-refractivity contribution in [2.24, 2.45) is 0 Å². The first-order valence-electron chi connectivity index (χ1n) is 7.38. The third kappa shape index (κ3) is 4.63. The van der Waals surface area contributed by atoms with Gasteiger partial charge in [0.15, 0.2) is 0 Å². The molecule has 2 atom stereocenters. The Balaban J connectivity index is 0.00000264. The fraction of sp³-hybridized carbons (Fsp3) is 0.571. The molecule has 1 heterocycles. The van der Waals surface area contributed by atoms with Crippen LogP contribution in [-0.2, 0) is 16.4 Å². The van der Waals surface area contributed by atoms with Crippen molar-refractivity contribution in [1.82, 2.24) is 10.0 Å². The van der Waals surface area contributed by atoms with E-state index >= 15 is 0 Å². The molecular formula is C14H22ClN3O4S. The van der Waals surface area contributed by atoms with Crippen LogP contribution in [0.4, 0.5) is 5.69 Å². The molecule has 0 bridgehead atoms. The van der Waals surface area contributed by atoms with Crippen LogP contribution in [0.5, 0.6) is 0 Å². The van der Waals surface area contributed by atoms with Crippen molar-refractivity contribution >= 4 is 28.1 Å². The number of rotatable bonds is 5. The number of aryl methyl sites for hydroxylation is 1. The molecule has 0 aliphatic carbocycles. The molecule has 23 heavy (non-hydrogen) atoms. The number of nitro groups is 1. The van der Waals surface area contributed by atoms with Crippen molar-refractivity contribution in [3.8, 4) is 0 Å². The molecule has 2 unspecified atom stereocenters. The average molecular weight is 364 g/mol. The van der Waals surface area contributed by atoms with Crippen LogP contribution in [0.25, 0.3) is 0 Å². The predicted molar refractivity (Wildman–Crippen MR) is 90.5 cm³/mol. The van der Waals surface area contributed by atoms with Crippen LogP contribution in [0.1, 0.15) is 32.3 Å². The highest BCUT2D eigenvalue weighted by Gasteiger charge is 2.28. The van der Waals surface area contributed by atoms with Gasteiger partial charge in [-0.3, -0.25) is 10.1 Å². The van der Waals surface area contributed by atoms with E-state index in [0.29, 0.717) is 12.0 Å². The molecule has 2 N–H and O–H groups in total. The molecule has 0 radical (unpaired) electrons. The largest absolute Gasteiger partial charge is 0.313 e. The lowest BCUT2D eigenvalue weighted by Gasteiger charge is -2.30. The van der Waals surface area contributed by atoms with Crippen LogP contribution in [0, 0.1) is 10.1 Å². The summed E-state index contributed by atoms with van der Waals surface area (Å²) in [4.78, 5) is 10.3. The van der Waals surface area contributed by atoms with Gasteiger partial charge >= 0.3 is 0 Å². The first-order chi connectivity index (χ1) is 10.3. The van der Waals surface area contributed by atoms with Gasteiger partial charge < -0.3 is 5.32 Å². The van der Waals surface area contributed by atoms with Crippen LogP contribution in [-0.4, -0.2) is 32.0 Å². The number of halogens is 1. The first-order valence-corrected chi connectivity index (χ1v) is 8.86. The number of non-ortho nitro benzene ring substituents is 1. The van der Waals surface area contributed by atoms with Gasteiger partial charge in [-0.2, -0.15) is 0 Å². The van der Waals surface area contributed by atoms with E-state index in [1.807, 2.05) is 13.8 Å². The Labute approximate surface area is 142 Å². The quantitative estimate of drug-likeness (QED) is 0.615. The minimum Gasteiger partial charge on any atom is -0.313 e. The van der Waals surface area contributed by atoms with Crippen molar-refractivity contribution in [1.29, 1.82) is 0 Å². The van der Waals surface area contributed by atoms with Gasteiger partial charge in [-0.25, -0.2) is 13.1 Å². The van der Waals surface area contributed by atoms with Crippen molar-refractivity contribution in [2.75, 3.05) is 6.54 Å². The Bertz CT molecular complexity index is 666. The second-order valence-electron chi connectivity index (χ2n) is 5.52. The number of sulfonamides is 1. The second-order valence-corrected chi connectivity index (χ2v) is 7.20. The monoisotopic (exact) mass is 363 g/mol. The molecule has 2 rings (SSSR count).